The zero-order valence-corrected chi connectivity index (χ0v) is 13.4. The summed E-state index contributed by atoms with van der Waals surface area (Å²) in [6.07, 6.45) is 3.22. The number of hydrogen-bond acceptors (Lipinski definition) is 6. The Morgan fingerprint density at radius 2 is 2.04 bits per heavy atom. The molecule has 2 heterocycles. The maximum Gasteiger partial charge on any atom is 0.270 e. The third-order valence-electron chi connectivity index (χ3n) is 3.57. The van der Waals surface area contributed by atoms with Crippen LogP contribution in [0.4, 0.5) is 11.5 Å². The van der Waals surface area contributed by atoms with E-state index in [0.29, 0.717) is 22.4 Å². The van der Waals surface area contributed by atoms with Crippen molar-refractivity contribution >= 4 is 23.1 Å². The van der Waals surface area contributed by atoms with Gasteiger partial charge < -0.3 is 5.73 Å². The van der Waals surface area contributed by atoms with Gasteiger partial charge >= 0.3 is 0 Å². The third-order valence-corrected chi connectivity index (χ3v) is 3.90. The molecule has 3 aromatic rings. The zero-order valence-electron chi connectivity index (χ0n) is 12.7. The average molecular weight is 352 g/mol. The van der Waals surface area contributed by atoms with Gasteiger partial charge in [-0.3, -0.25) is 15.1 Å². The second-order valence-corrected chi connectivity index (χ2v) is 5.50. The molecule has 0 aliphatic heterocycles. The molecule has 2 N–H and O–H groups in total. The molecule has 2 aromatic heterocycles. The molecular formula is C17H10ClN5O2. The highest BCUT2D eigenvalue weighted by atomic mass is 35.5. The van der Waals surface area contributed by atoms with Gasteiger partial charge in [-0.05, 0) is 24.3 Å². The number of aromatic nitrogens is 2. The molecule has 25 heavy (non-hydrogen) atoms. The lowest BCUT2D eigenvalue weighted by Gasteiger charge is -2.11. The SMILES string of the molecule is N#Cc1c(-c2cc([N+](=O)[O-])ccc2Cl)cc(-c2cccnc2)nc1N. The van der Waals surface area contributed by atoms with Crippen molar-refractivity contribution in [1.29, 1.82) is 5.26 Å². The molecule has 0 aliphatic rings. The summed E-state index contributed by atoms with van der Waals surface area (Å²) in [6, 6.07) is 11.2. The van der Waals surface area contributed by atoms with Gasteiger partial charge in [0.15, 0.2) is 0 Å². The van der Waals surface area contributed by atoms with Crippen LogP contribution >= 0.6 is 11.6 Å². The molecule has 0 bridgehead atoms. The summed E-state index contributed by atoms with van der Waals surface area (Å²) in [7, 11) is 0. The number of nitro benzene ring substituents is 1. The smallest absolute Gasteiger partial charge is 0.270 e. The van der Waals surface area contributed by atoms with Crippen LogP contribution in [-0.2, 0) is 0 Å². The van der Waals surface area contributed by atoms with Crippen molar-refractivity contribution in [3.63, 3.8) is 0 Å². The Labute approximate surface area is 147 Å². The molecule has 0 spiro atoms. The molecule has 0 saturated carbocycles. The Morgan fingerprint density at radius 1 is 1.24 bits per heavy atom. The number of nitriles is 1. The minimum absolute atomic E-state index is 0.0152. The highest BCUT2D eigenvalue weighted by Crippen LogP contribution is 2.36. The first-order valence-electron chi connectivity index (χ1n) is 7.06. The molecule has 0 fully saturated rings. The Kier molecular flexibility index (Phi) is 4.29. The van der Waals surface area contributed by atoms with E-state index in [-0.39, 0.29) is 22.1 Å². The monoisotopic (exact) mass is 351 g/mol. The summed E-state index contributed by atoms with van der Waals surface area (Å²) in [5, 5.41) is 20.8. The minimum Gasteiger partial charge on any atom is -0.383 e. The predicted molar refractivity (Wildman–Crippen MR) is 93.7 cm³/mol. The molecule has 8 heteroatoms. The number of anilines is 1. The first-order chi connectivity index (χ1) is 12.0. The summed E-state index contributed by atoms with van der Waals surface area (Å²) in [4.78, 5) is 18.8. The number of nitrogens with zero attached hydrogens (tertiary/aromatic N) is 4. The van der Waals surface area contributed by atoms with Gasteiger partial charge in [0.25, 0.3) is 5.69 Å². The van der Waals surface area contributed by atoms with Gasteiger partial charge in [0.1, 0.15) is 17.5 Å². The lowest BCUT2D eigenvalue weighted by atomic mass is 9.98. The molecule has 0 unspecified atom stereocenters. The lowest BCUT2D eigenvalue weighted by Crippen LogP contribution is -2.00. The van der Waals surface area contributed by atoms with Crippen molar-refractivity contribution < 1.29 is 4.92 Å². The molecule has 3 rings (SSSR count). The second-order valence-electron chi connectivity index (χ2n) is 5.09. The maximum atomic E-state index is 11.1. The van der Waals surface area contributed by atoms with E-state index in [9.17, 15) is 15.4 Å². The zero-order chi connectivity index (χ0) is 18.0. The molecule has 0 aliphatic carbocycles. The number of nitrogens with two attached hydrogens (primary N) is 1. The van der Waals surface area contributed by atoms with E-state index in [1.807, 2.05) is 6.07 Å². The summed E-state index contributed by atoms with van der Waals surface area (Å²) >= 11 is 6.21. The molecule has 0 saturated heterocycles. The van der Waals surface area contributed by atoms with E-state index in [4.69, 9.17) is 17.3 Å². The van der Waals surface area contributed by atoms with Crippen LogP contribution in [0.5, 0.6) is 0 Å². The van der Waals surface area contributed by atoms with Gasteiger partial charge in [-0.25, -0.2) is 4.98 Å². The van der Waals surface area contributed by atoms with E-state index in [0.717, 1.165) is 0 Å². The summed E-state index contributed by atoms with van der Waals surface area (Å²) in [5.74, 6) is 0.0152. The van der Waals surface area contributed by atoms with E-state index >= 15 is 0 Å². The van der Waals surface area contributed by atoms with Crippen molar-refractivity contribution in [1.82, 2.24) is 9.97 Å². The number of nitrogen functional groups attached to an aromatic ring is 1. The van der Waals surface area contributed by atoms with Crippen LogP contribution in [0, 0.1) is 21.4 Å². The number of nitro groups is 1. The van der Waals surface area contributed by atoms with Gasteiger partial charge in [-0.1, -0.05) is 11.6 Å². The number of hydrogen-bond donors (Lipinski definition) is 1. The number of pyridine rings is 2. The summed E-state index contributed by atoms with van der Waals surface area (Å²) in [6.45, 7) is 0. The standard InChI is InChI=1S/C17H10ClN5O2/c18-15-4-3-11(23(24)25)6-13(15)12-7-16(10-2-1-5-21-9-10)22-17(20)14(12)8-19/h1-7,9H,(H2,20,22). The van der Waals surface area contributed by atoms with Gasteiger partial charge in [0.2, 0.25) is 0 Å². The van der Waals surface area contributed by atoms with Crippen LogP contribution in [0.15, 0.2) is 48.8 Å². The summed E-state index contributed by atoms with van der Waals surface area (Å²) < 4.78 is 0. The molecule has 1 aromatic carbocycles. The van der Waals surface area contributed by atoms with Crippen molar-refractivity contribution in [3.8, 4) is 28.5 Å². The van der Waals surface area contributed by atoms with E-state index in [2.05, 4.69) is 9.97 Å². The number of rotatable bonds is 3. The highest BCUT2D eigenvalue weighted by molar-refractivity contribution is 6.33. The maximum absolute atomic E-state index is 11.1. The van der Waals surface area contributed by atoms with Crippen molar-refractivity contribution in [2.75, 3.05) is 5.73 Å². The molecule has 122 valence electrons. The van der Waals surface area contributed by atoms with Crippen molar-refractivity contribution in [3.05, 3.63) is 69.5 Å². The largest absolute Gasteiger partial charge is 0.383 e. The van der Waals surface area contributed by atoms with Gasteiger partial charge in [-0.15, -0.1) is 0 Å². The molecule has 0 amide bonds. The molecule has 0 radical (unpaired) electrons. The topological polar surface area (TPSA) is 119 Å². The molecule has 0 atom stereocenters. The van der Waals surface area contributed by atoms with Crippen LogP contribution in [0.25, 0.3) is 22.4 Å². The number of halogens is 1. The normalized spacial score (nSPS) is 10.2. The Balaban J connectivity index is 2.29. The Bertz CT molecular complexity index is 1020. The quantitative estimate of drug-likeness (QED) is 0.565. The van der Waals surface area contributed by atoms with Gasteiger partial charge in [0, 0.05) is 46.2 Å². The Morgan fingerprint density at radius 3 is 2.68 bits per heavy atom. The van der Waals surface area contributed by atoms with E-state index in [1.165, 1.54) is 18.2 Å². The van der Waals surface area contributed by atoms with E-state index in [1.54, 1.807) is 30.6 Å². The summed E-state index contributed by atoms with van der Waals surface area (Å²) in [5.41, 5.74) is 7.79. The Hall–Kier alpha value is -3.50. The minimum atomic E-state index is -0.529. The van der Waals surface area contributed by atoms with E-state index < -0.39 is 4.92 Å². The average Bonchev–Trinajstić information content (AvgIpc) is 2.62. The fourth-order valence-corrected chi connectivity index (χ4v) is 2.61. The second kappa shape index (κ2) is 6.55. The van der Waals surface area contributed by atoms with Crippen LogP contribution in [0.2, 0.25) is 5.02 Å². The van der Waals surface area contributed by atoms with Crippen molar-refractivity contribution in [2.45, 2.75) is 0 Å². The highest BCUT2D eigenvalue weighted by Gasteiger charge is 2.18. The number of non-ortho nitro benzene ring substituents is 1. The third kappa shape index (κ3) is 3.11. The first kappa shape index (κ1) is 16.4. The first-order valence-corrected chi connectivity index (χ1v) is 7.44. The number of benzene rings is 1. The van der Waals surface area contributed by atoms with Crippen LogP contribution < -0.4 is 5.73 Å². The lowest BCUT2D eigenvalue weighted by molar-refractivity contribution is -0.384. The predicted octanol–water partition coefficient (Wildman–Crippen LogP) is 3.83. The van der Waals surface area contributed by atoms with Gasteiger partial charge in [-0.2, -0.15) is 5.26 Å². The van der Waals surface area contributed by atoms with Crippen molar-refractivity contribution in [2.24, 2.45) is 0 Å². The van der Waals surface area contributed by atoms with Crippen LogP contribution in [0.3, 0.4) is 0 Å². The van der Waals surface area contributed by atoms with Crippen LogP contribution in [-0.4, -0.2) is 14.9 Å². The fraction of sp³-hybridized carbons (Fsp3) is 0. The van der Waals surface area contributed by atoms with Crippen LogP contribution in [0.1, 0.15) is 5.56 Å². The molecule has 7 nitrogen and oxygen atoms in total. The van der Waals surface area contributed by atoms with Gasteiger partial charge in [0.05, 0.1) is 10.6 Å². The molecular weight excluding hydrogens is 342 g/mol. The fourth-order valence-electron chi connectivity index (χ4n) is 2.39.